The number of amides is 2. The van der Waals surface area contributed by atoms with Crippen molar-refractivity contribution in [3.05, 3.63) is 56.1 Å². The van der Waals surface area contributed by atoms with Crippen molar-refractivity contribution in [2.45, 2.75) is 0 Å². The third kappa shape index (κ3) is 3.69. The van der Waals surface area contributed by atoms with Crippen molar-refractivity contribution in [2.24, 2.45) is 5.73 Å². The lowest BCUT2D eigenvalue weighted by Crippen LogP contribution is -2.14. The highest BCUT2D eigenvalue weighted by Crippen LogP contribution is 2.28. The molecule has 0 fully saturated rings. The molecule has 0 aliphatic carbocycles. The lowest BCUT2D eigenvalue weighted by molar-refractivity contribution is 0.0998. The smallest absolute Gasteiger partial charge is 0.259 e. The van der Waals surface area contributed by atoms with E-state index in [2.05, 4.69) is 27.9 Å². The third-order valence-corrected chi connectivity index (χ3v) is 4.44. The number of anilines is 1. The van der Waals surface area contributed by atoms with Crippen LogP contribution in [0.15, 0.2) is 36.4 Å². The third-order valence-electron chi connectivity index (χ3n) is 2.91. The second-order valence-corrected chi connectivity index (χ2v) is 5.93. The molecule has 2 aromatic rings. The quantitative estimate of drug-likeness (QED) is 0.730. The maximum absolute atomic E-state index is 12.3. The Bertz CT molecular complexity index is 732. The van der Waals surface area contributed by atoms with Gasteiger partial charge in [0.25, 0.3) is 5.91 Å². The summed E-state index contributed by atoms with van der Waals surface area (Å²) in [4.78, 5) is 23.3. The van der Waals surface area contributed by atoms with Gasteiger partial charge in [0.2, 0.25) is 5.91 Å². The number of methoxy groups -OCH3 is 1. The van der Waals surface area contributed by atoms with Gasteiger partial charge in [-0.1, -0.05) is 11.6 Å². The molecule has 0 unspecified atom stereocenters. The van der Waals surface area contributed by atoms with Crippen molar-refractivity contribution in [3.63, 3.8) is 0 Å². The Kier molecular flexibility index (Phi) is 5.25. The van der Waals surface area contributed by atoms with E-state index in [1.165, 1.54) is 19.2 Å². The molecule has 0 aliphatic rings. The molecule has 3 N–H and O–H groups in total. The van der Waals surface area contributed by atoms with Crippen LogP contribution in [0, 0.1) is 3.57 Å². The predicted octanol–water partition coefficient (Wildman–Crippen LogP) is 3.30. The fourth-order valence-electron chi connectivity index (χ4n) is 1.79. The maximum Gasteiger partial charge on any atom is 0.259 e. The first-order valence-electron chi connectivity index (χ1n) is 6.16. The first kappa shape index (κ1) is 16.6. The number of nitrogens with two attached hydrogens (primary N) is 1. The van der Waals surface area contributed by atoms with Crippen LogP contribution < -0.4 is 15.8 Å². The zero-order chi connectivity index (χ0) is 16.3. The van der Waals surface area contributed by atoms with Gasteiger partial charge in [-0.3, -0.25) is 9.59 Å². The average Bonchev–Trinajstić information content (AvgIpc) is 2.50. The van der Waals surface area contributed by atoms with Gasteiger partial charge in [-0.05, 0) is 59.0 Å². The predicted molar refractivity (Wildman–Crippen MR) is 93.6 cm³/mol. The number of hydrogen-bond donors (Lipinski definition) is 2. The van der Waals surface area contributed by atoms with Gasteiger partial charge in [0, 0.05) is 14.8 Å². The number of nitrogens with one attached hydrogen (secondary N) is 1. The number of carbonyl (C=O) groups is 2. The number of hydrogen-bond acceptors (Lipinski definition) is 3. The first-order chi connectivity index (χ1) is 10.4. The summed E-state index contributed by atoms with van der Waals surface area (Å²) in [5, 5.41) is 3.18. The van der Waals surface area contributed by atoms with Crippen LogP contribution in [0.5, 0.6) is 5.75 Å². The van der Waals surface area contributed by atoms with E-state index in [4.69, 9.17) is 22.1 Å². The molecule has 5 nitrogen and oxygen atoms in total. The Morgan fingerprint density at radius 1 is 1.23 bits per heavy atom. The van der Waals surface area contributed by atoms with Gasteiger partial charge in [-0.25, -0.2) is 0 Å². The molecule has 0 bridgehead atoms. The normalized spacial score (nSPS) is 10.1. The average molecular weight is 431 g/mol. The van der Waals surface area contributed by atoms with Gasteiger partial charge in [-0.2, -0.15) is 0 Å². The van der Waals surface area contributed by atoms with E-state index in [0.717, 1.165) is 3.57 Å². The lowest BCUT2D eigenvalue weighted by atomic mass is 10.1. The molecule has 0 aromatic heterocycles. The van der Waals surface area contributed by atoms with E-state index in [0.29, 0.717) is 27.6 Å². The minimum absolute atomic E-state index is 0.326. The van der Waals surface area contributed by atoms with E-state index in [-0.39, 0.29) is 5.91 Å². The summed E-state index contributed by atoms with van der Waals surface area (Å²) in [5.74, 6) is -0.453. The topological polar surface area (TPSA) is 81.4 Å². The van der Waals surface area contributed by atoms with Crippen molar-refractivity contribution in [2.75, 3.05) is 12.4 Å². The highest BCUT2D eigenvalue weighted by atomic mass is 127. The summed E-state index contributed by atoms with van der Waals surface area (Å²) in [6, 6.07) is 9.51. The summed E-state index contributed by atoms with van der Waals surface area (Å²) in [6.45, 7) is 0. The van der Waals surface area contributed by atoms with Gasteiger partial charge >= 0.3 is 0 Å². The molecule has 22 heavy (non-hydrogen) atoms. The van der Waals surface area contributed by atoms with Crippen LogP contribution in [0.3, 0.4) is 0 Å². The van der Waals surface area contributed by atoms with E-state index in [9.17, 15) is 9.59 Å². The van der Waals surface area contributed by atoms with Crippen LogP contribution in [-0.4, -0.2) is 18.9 Å². The van der Waals surface area contributed by atoms with Crippen molar-refractivity contribution in [1.29, 1.82) is 0 Å². The number of primary amides is 1. The molecular formula is C15H12ClIN2O3. The number of ether oxygens (including phenoxy) is 1. The monoisotopic (exact) mass is 430 g/mol. The Morgan fingerprint density at radius 2 is 1.86 bits per heavy atom. The number of carbonyl (C=O) groups excluding carboxylic acids is 2. The molecule has 0 aliphatic heterocycles. The van der Waals surface area contributed by atoms with E-state index < -0.39 is 5.91 Å². The van der Waals surface area contributed by atoms with E-state index in [1.54, 1.807) is 24.3 Å². The molecule has 0 radical (unpaired) electrons. The molecular weight excluding hydrogens is 419 g/mol. The van der Waals surface area contributed by atoms with Crippen LogP contribution >= 0.6 is 34.2 Å². The van der Waals surface area contributed by atoms with Gasteiger partial charge < -0.3 is 15.8 Å². The number of benzene rings is 2. The molecule has 7 heteroatoms. The summed E-state index contributed by atoms with van der Waals surface area (Å²) in [5.41, 5.74) is 6.39. The highest BCUT2D eigenvalue weighted by molar-refractivity contribution is 14.1. The highest BCUT2D eigenvalue weighted by Gasteiger charge is 2.15. The van der Waals surface area contributed by atoms with Crippen LogP contribution in [0.25, 0.3) is 0 Å². The van der Waals surface area contributed by atoms with Crippen LogP contribution in [-0.2, 0) is 0 Å². The zero-order valence-electron chi connectivity index (χ0n) is 11.5. The molecule has 114 valence electrons. The molecule has 2 rings (SSSR count). The molecule has 0 spiro atoms. The number of halogens is 2. The molecule has 2 amide bonds. The molecule has 2 aromatic carbocycles. The second kappa shape index (κ2) is 6.97. The van der Waals surface area contributed by atoms with E-state index in [1.807, 2.05) is 0 Å². The standard InChI is InChI=1S/C15H12ClIN2O3/c1-22-13-7-12(17)11(16)6-10(13)15(21)19-9-4-2-8(3-5-9)14(18)20/h2-7H,1H3,(H2,18,20)(H,19,21). The minimum atomic E-state index is -0.524. The fraction of sp³-hybridized carbons (Fsp3) is 0.0667. The summed E-state index contributed by atoms with van der Waals surface area (Å²) in [6.07, 6.45) is 0. The molecule has 0 saturated heterocycles. The van der Waals surface area contributed by atoms with Crippen LogP contribution in [0.1, 0.15) is 20.7 Å². The summed E-state index contributed by atoms with van der Waals surface area (Å²) >= 11 is 8.11. The van der Waals surface area contributed by atoms with Gasteiger partial charge in [0.15, 0.2) is 0 Å². The Morgan fingerprint density at radius 3 is 2.41 bits per heavy atom. The zero-order valence-corrected chi connectivity index (χ0v) is 14.4. The van der Waals surface area contributed by atoms with Crippen LogP contribution in [0.4, 0.5) is 5.69 Å². The maximum atomic E-state index is 12.3. The van der Waals surface area contributed by atoms with Crippen molar-refractivity contribution < 1.29 is 14.3 Å². The largest absolute Gasteiger partial charge is 0.496 e. The second-order valence-electron chi connectivity index (χ2n) is 4.36. The fourth-order valence-corrected chi connectivity index (χ4v) is 2.39. The number of rotatable bonds is 4. The van der Waals surface area contributed by atoms with Gasteiger partial charge in [-0.15, -0.1) is 0 Å². The van der Waals surface area contributed by atoms with E-state index >= 15 is 0 Å². The molecule has 0 saturated carbocycles. The van der Waals surface area contributed by atoms with Gasteiger partial charge in [0.1, 0.15) is 5.75 Å². The molecule has 0 heterocycles. The minimum Gasteiger partial charge on any atom is -0.496 e. The van der Waals surface area contributed by atoms with Gasteiger partial charge in [0.05, 0.1) is 17.7 Å². The first-order valence-corrected chi connectivity index (χ1v) is 7.62. The summed E-state index contributed by atoms with van der Waals surface area (Å²) in [7, 11) is 1.48. The summed E-state index contributed by atoms with van der Waals surface area (Å²) < 4.78 is 6.00. The van der Waals surface area contributed by atoms with Crippen LogP contribution in [0.2, 0.25) is 5.02 Å². The molecule has 0 atom stereocenters. The van der Waals surface area contributed by atoms with Crippen molar-refractivity contribution >= 4 is 51.7 Å². The Labute approximate surface area is 145 Å². The van der Waals surface area contributed by atoms with Crippen molar-refractivity contribution in [3.8, 4) is 5.75 Å². The Balaban J connectivity index is 2.25. The van der Waals surface area contributed by atoms with Crippen molar-refractivity contribution in [1.82, 2.24) is 0 Å². The lowest BCUT2D eigenvalue weighted by Gasteiger charge is -2.11. The SMILES string of the molecule is COc1cc(I)c(Cl)cc1C(=O)Nc1ccc(C(N)=O)cc1. The Hall–Kier alpha value is -1.80.